The number of anilines is 1. The van der Waals surface area contributed by atoms with Crippen LogP contribution in [0.2, 0.25) is 0 Å². The number of aromatic hydroxyl groups is 1. The first-order valence-electron chi connectivity index (χ1n) is 7.17. The third-order valence-electron chi connectivity index (χ3n) is 3.45. The zero-order valence-corrected chi connectivity index (χ0v) is 13.2. The van der Waals surface area contributed by atoms with Gasteiger partial charge in [0.1, 0.15) is 17.0 Å². The van der Waals surface area contributed by atoms with Crippen LogP contribution in [0.15, 0.2) is 12.1 Å². The lowest BCUT2D eigenvalue weighted by Crippen LogP contribution is -2.09. The highest BCUT2D eigenvalue weighted by Gasteiger charge is 2.09. The fourth-order valence-corrected chi connectivity index (χ4v) is 3.20. The van der Waals surface area contributed by atoms with Gasteiger partial charge in [-0.3, -0.25) is 0 Å². The van der Waals surface area contributed by atoms with Gasteiger partial charge in [-0.25, -0.2) is 4.98 Å². The fraction of sp³-hybridized carbons (Fsp3) is 0.533. The molecule has 0 radical (unpaired) electrons. The summed E-state index contributed by atoms with van der Waals surface area (Å²) < 4.78 is 6.03. The van der Waals surface area contributed by atoms with Crippen molar-refractivity contribution in [2.45, 2.75) is 38.2 Å². The van der Waals surface area contributed by atoms with Crippen molar-refractivity contribution in [3.8, 4) is 11.5 Å². The Labute approximate surface area is 128 Å². The summed E-state index contributed by atoms with van der Waals surface area (Å²) >= 11 is 1.48. The molecule has 1 aliphatic carbocycles. The molecule has 2 aromatic rings. The number of thiazole rings is 1. The van der Waals surface area contributed by atoms with Gasteiger partial charge in [0.05, 0.1) is 17.9 Å². The largest absolute Gasteiger partial charge is 0.508 e. The molecule has 1 aromatic carbocycles. The summed E-state index contributed by atoms with van der Waals surface area (Å²) in [4.78, 5) is 4.31. The zero-order valence-electron chi connectivity index (χ0n) is 12.4. The van der Waals surface area contributed by atoms with E-state index in [9.17, 15) is 5.11 Å². The lowest BCUT2D eigenvalue weighted by Gasteiger charge is -2.14. The number of aliphatic hydroxyl groups is 1. The summed E-state index contributed by atoms with van der Waals surface area (Å²) in [6.45, 7) is 0. The van der Waals surface area contributed by atoms with E-state index >= 15 is 0 Å². The number of aliphatic hydroxyl groups excluding tert-OH is 1. The van der Waals surface area contributed by atoms with Gasteiger partial charge in [-0.05, 0) is 18.9 Å². The van der Waals surface area contributed by atoms with E-state index in [0.717, 1.165) is 28.2 Å². The van der Waals surface area contributed by atoms with Gasteiger partial charge in [-0.1, -0.05) is 30.6 Å². The number of phenols is 1. The van der Waals surface area contributed by atoms with Crippen LogP contribution >= 0.6 is 11.3 Å². The van der Waals surface area contributed by atoms with Gasteiger partial charge >= 0.3 is 0 Å². The molecule has 0 spiro atoms. The van der Waals surface area contributed by atoms with Gasteiger partial charge in [-0.2, -0.15) is 0 Å². The Morgan fingerprint density at radius 1 is 1.29 bits per heavy atom. The number of phenolic OH excluding ortho intramolecular Hbond substituents is 1. The Kier molecular flexibility index (Phi) is 5.64. The summed E-state index contributed by atoms with van der Waals surface area (Å²) in [6, 6.07) is 3.23. The lowest BCUT2D eigenvalue weighted by atomic mass is 9.98. The predicted molar refractivity (Wildman–Crippen MR) is 86.5 cm³/mol. The topological polar surface area (TPSA) is 74.6 Å². The van der Waals surface area contributed by atoms with Crippen molar-refractivity contribution in [1.29, 1.82) is 0 Å². The number of aromatic nitrogens is 1. The molecule has 6 heteroatoms. The molecule has 0 amide bonds. The molecule has 1 saturated carbocycles. The maximum Gasteiger partial charge on any atom is 0.183 e. The van der Waals surface area contributed by atoms with E-state index in [1.54, 1.807) is 19.2 Å². The highest BCUT2D eigenvalue weighted by Crippen LogP contribution is 2.35. The summed E-state index contributed by atoms with van der Waals surface area (Å²) in [5, 5.41) is 22.1. The molecular formula is C15H22N2O3S. The first kappa shape index (κ1) is 15.9. The number of methoxy groups -OCH3 is 1. The van der Waals surface area contributed by atoms with Gasteiger partial charge in [0.2, 0.25) is 0 Å². The fourth-order valence-electron chi connectivity index (χ4n) is 2.33. The molecule has 1 fully saturated rings. The second-order valence-electron chi connectivity index (χ2n) is 5.06. The maximum absolute atomic E-state index is 9.40. The molecule has 1 heterocycles. The molecule has 3 N–H and O–H groups in total. The molecule has 21 heavy (non-hydrogen) atoms. The number of benzene rings is 1. The molecule has 0 saturated heterocycles. The number of nitrogens with zero attached hydrogens (tertiary/aromatic N) is 1. The van der Waals surface area contributed by atoms with Crippen LogP contribution in [0.3, 0.4) is 0 Å². The van der Waals surface area contributed by atoms with Crippen LogP contribution in [0.4, 0.5) is 5.13 Å². The van der Waals surface area contributed by atoms with Crippen molar-refractivity contribution >= 4 is 26.7 Å². The van der Waals surface area contributed by atoms with E-state index in [4.69, 9.17) is 9.84 Å². The lowest BCUT2D eigenvalue weighted by molar-refractivity contribution is 0.130. The van der Waals surface area contributed by atoms with Crippen molar-refractivity contribution in [2.24, 2.45) is 0 Å². The van der Waals surface area contributed by atoms with Gasteiger partial charge in [0.15, 0.2) is 5.13 Å². The number of hydrogen-bond donors (Lipinski definition) is 3. The van der Waals surface area contributed by atoms with E-state index in [0.29, 0.717) is 5.75 Å². The van der Waals surface area contributed by atoms with Crippen molar-refractivity contribution in [3.05, 3.63) is 12.1 Å². The Morgan fingerprint density at radius 3 is 2.52 bits per heavy atom. The van der Waals surface area contributed by atoms with Crippen LogP contribution < -0.4 is 10.1 Å². The molecule has 1 aromatic heterocycles. The minimum Gasteiger partial charge on any atom is -0.508 e. The third-order valence-corrected chi connectivity index (χ3v) is 4.47. The number of fused-ring (bicyclic) bond motifs is 1. The minimum absolute atomic E-state index is 0.0359. The summed E-state index contributed by atoms with van der Waals surface area (Å²) in [6.07, 6.45) is 5.92. The molecular weight excluding hydrogens is 288 g/mol. The predicted octanol–water partition coefficient (Wildman–Crippen LogP) is 3.36. The van der Waals surface area contributed by atoms with E-state index in [-0.39, 0.29) is 11.9 Å². The van der Waals surface area contributed by atoms with E-state index in [1.807, 2.05) is 7.05 Å². The zero-order chi connectivity index (χ0) is 15.2. The van der Waals surface area contributed by atoms with Gasteiger partial charge in [-0.15, -0.1) is 0 Å². The van der Waals surface area contributed by atoms with E-state index in [1.165, 1.54) is 30.6 Å². The number of ether oxygens (including phenoxy) is 1. The van der Waals surface area contributed by atoms with Crippen molar-refractivity contribution in [3.63, 3.8) is 0 Å². The van der Waals surface area contributed by atoms with Crippen LogP contribution in [0, 0.1) is 0 Å². The quantitative estimate of drug-likeness (QED) is 0.793. The van der Waals surface area contributed by atoms with Crippen molar-refractivity contribution < 1.29 is 14.9 Å². The first-order chi connectivity index (χ1) is 10.1. The highest BCUT2D eigenvalue weighted by atomic mass is 32.1. The monoisotopic (exact) mass is 310 g/mol. The molecule has 0 atom stereocenters. The average molecular weight is 310 g/mol. The molecule has 0 aliphatic heterocycles. The van der Waals surface area contributed by atoms with Crippen molar-refractivity contribution in [1.82, 2.24) is 4.98 Å². The molecule has 0 unspecified atom stereocenters. The molecule has 116 valence electrons. The second kappa shape index (κ2) is 7.47. The molecule has 3 rings (SSSR count). The summed E-state index contributed by atoms with van der Waals surface area (Å²) in [5.74, 6) is 0.790. The van der Waals surface area contributed by atoms with Gasteiger partial charge in [0, 0.05) is 13.1 Å². The highest BCUT2D eigenvalue weighted by molar-refractivity contribution is 7.22. The summed E-state index contributed by atoms with van der Waals surface area (Å²) in [5.41, 5.74) is 0.777. The average Bonchev–Trinajstić information content (AvgIpc) is 2.90. The van der Waals surface area contributed by atoms with Crippen LogP contribution in [0.25, 0.3) is 10.2 Å². The summed E-state index contributed by atoms with van der Waals surface area (Å²) in [7, 11) is 3.37. The smallest absolute Gasteiger partial charge is 0.183 e. The normalized spacial score (nSPS) is 15.4. The van der Waals surface area contributed by atoms with Crippen LogP contribution in [0.5, 0.6) is 11.5 Å². The second-order valence-corrected chi connectivity index (χ2v) is 6.09. The number of rotatable bonds is 2. The third kappa shape index (κ3) is 4.22. The number of nitrogens with one attached hydrogen (secondary N) is 1. The van der Waals surface area contributed by atoms with Crippen LogP contribution in [-0.4, -0.2) is 35.5 Å². The van der Waals surface area contributed by atoms with Crippen LogP contribution in [0.1, 0.15) is 32.1 Å². The van der Waals surface area contributed by atoms with Crippen LogP contribution in [-0.2, 0) is 0 Å². The van der Waals surface area contributed by atoms with E-state index in [2.05, 4.69) is 10.3 Å². The Hall–Kier alpha value is -1.53. The van der Waals surface area contributed by atoms with Gasteiger partial charge in [0.25, 0.3) is 0 Å². The Balaban J connectivity index is 0.000000194. The molecule has 0 bridgehead atoms. The standard InChI is InChI=1S/C9H10N2O2S.C6H12O/c1-10-9-11-8-6(13-2)3-5(12)4-7(8)14-9;7-6-4-2-1-3-5-6/h3-4,12H,1-2H3,(H,10,11);6-7H,1-5H2. The number of hydrogen-bond acceptors (Lipinski definition) is 6. The molecule has 1 aliphatic rings. The Bertz CT molecular complexity index is 580. The molecule has 5 nitrogen and oxygen atoms in total. The van der Waals surface area contributed by atoms with E-state index < -0.39 is 0 Å². The SMILES string of the molecule is CNc1nc2c(OC)cc(O)cc2s1.OC1CCCCC1. The minimum atomic E-state index is 0.0359. The van der Waals surface area contributed by atoms with Gasteiger partial charge < -0.3 is 20.3 Å². The first-order valence-corrected chi connectivity index (χ1v) is 7.99. The Morgan fingerprint density at radius 2 is 2.00 bits per heavy atom. The van der Waals surface area contributed by atoms with Crippen molar-refractivity contribution in [2.75, 3.05) is 19.5 Å². The maximum atomic E-state index is 9.40.